The highest BCUT2D eigenvalue weighted by Crippen LogP contribution is 2.19. The van der Waals surface area contributed by atoms with Crippen LogP contribution < -0.4 is 10.6 Å². The second kappa shape index (κ2) is 10.0. The molecule has 128 valence electrons. The van der Waals surface area contributed by atoms with Crippen LogP contribution in [0.4, 0.5) is 5.69 Å². The summed E-state index contributed by atoms with van der Waals surface area (Å²) in [5.41, 5.74) is 6.34. The van der Waals surface area contributed by atoms with Gasteiger partial charge in [-0.3, -0.25) is 14.5 Å². The molecular weight excluding hydrogens is 290 g/mol. The number of amides is 2. The van der Waals surface area contributed by atoms with Crippen molar-refractivity contribution in [3.8, 4) is 0 Å². The van der Waals surface area contributed by atoms with Crippen LogP contribution in [-0.2, 0) is 4.79 Å². The van der Waals surface area contributed by atoms with E-state index in [9.17, 15) is 9.59 Å². The Balaban J connectivity index is 2.79. The average molecular weight is 319 g/mol. The molecule has 5 nitrogen and oxygen atoms in total. The van der Waals surface area contributed by atoms with Crippen LogP contribution in [0.3, 0.4) is 0 Å². The average Bonchev–Trinajstić information content (AvgIpc) is 2.56. The van der Waals surface area contributed by atoms with E-state index in [1.165, 1.54) is 4.90 Å². The number of nitrogens with two attached hydrogens (primary N) is 1. The number of para-hydroxylation sites is 1. The molecule has 5 heteroatoms. The zero-order valence-electron chi connectivity index (χ0n) is 14.5. The van der Waals surface area contributed by atoms with Crippen LogP contribution >= 0.6 is 0 Å². The first kappa shape index (κ1) is 19.2. The second-order valence-electron chi connectivity index (χ2n) is 5.82. The van der Waals surface area contributed by atoms with Crippen LogP contribution in [0.15, 0.2) is 24.3 Å². The van der Waals surface area contributed by atoms with Gasteiger partial charge in [0.05, 0.1) is 17.8 Å². The van der Waals surface area contributed by atoms with E-state index in [1.807, 2.05) is 0 Å². The predicted molar refractivity (Wildman–Crippen MR) is 94.6 cm³/mol. The maximum atomic E-state index is 12.6. The van der Waals surface area contributed by atoms with Crippen molar-refractivity contribution >= 4 is 17.5 Å². The molecule has 1 aromatic rings. The molecule has 23 heavy (non-hydrogen) atoms. The minimum Gasteiger partial charge on any atom is -0.366 e. The van der Waals surface area contributed by atoms with Gasteiger partial charge < -0.3 is 10.6 Å². The van der Waals surface area contributed by atoms with E-state index in [4.69, 9.17) is 5.73 Å². The fraction of sp³-hybridized carbons (Fsp3) is 0.556. The number of likely N-dealkylation sites (N-methyl/N-ethyl adjacent to an activating group) is 1. The van der Waals surface area contributed by atoms with E-state index in [0.29, 0.717) is 17.8 Å². The highest BCUT2D eigenvalue weighted by Gasteiger charge is 2.19. The van der Waals surface area contributed by atoms with E-state index in [0.717, 1.165) is 38.8 Å². The molecule has 0 atom stereocenters. The van der Waals surface area contributed by atoms with Gasteiger partial charge in [-0.05, 0) is 38.1 Å². The summed E-state index contributed by atoms with van der Waals surface area (Å²) in [6.07, 6.45) is 4.38. The second-order valence-corrected chi connectivity index (χ2v) is 5.82. The number of hydrogen-bond donors (Lipinski definition) is 1. The molecule has 0 spiro atoms. The highest BCUT2D eigenvalue weighted by atomic mass is 16.2. The molecule has 0 aliphatic carbocycles. The lowest BCUT2D eigenvalue weighted by Crippen LogP contribution is -2.40. The Hall–Kier alpha value is -1.88. The van der Waals surface area contributed by atoms with E-state index in [1.54, 1.807) is 31.3 Å². The van der Waals surface area contributed by atoms with Crippen LogP contribution in [0.1, 0.15) is 49.9 Å². The lowest BCUT2D eigenvalue weighted by atomic mass is 10.1. The Bertz CT molecular complexity index is 509. The minimum atomic E-state index is -0.519. The molecule has 0 aliphatic heterocycles. The van der Waals surface area contributed by atoms with Crippen LogP contribution in [0.5, 0.6) is 0 Å². The molecule has 1 aromatic carbocycles. The number of anilines is 1. The smallest absolute Gasteiger partial charge is 0.250 e. The molecule has 0 saturated heterocycles. The fourth-order valence-electron chi connectivity index (χ4n) is 2.44. The van der Waals surface area contributed by atoms with Crippen molar-refractivity contribution in [1.82, 2.24) is 4.90 Å². The largest absolute Gasteiger partial charge is 0.366 e. The van der Waals surface area contributed by atoms with Crippen molar-refractivity contribution in [3.63, 3.8) is 0 Å². The zero-order chi connectivity index (χ0) is 17.2. The standard InChI is InChI=1S/C18H29N3O2/c1-4-6-12-21(13-7-5-2)14-17(22)20(3)16-11-9-8-10-15(16)18(19)23/h8-11H,4-7,12-14H2,1-3H3,(H2,19,23). The molecular formula is C18H29N3O2. The number of carbonyl (C=O) groups is 2. The van der Waals surface area contributed by atoms with Crippen molar-refractivity contribution in [1.29, 1.82) is 0 Å². The quantitative estimate of drug-likeness (QED) is 0.721. The number of rotatable bonds is 10. The molecule has 0 heterocycles. The summed E-state index contributed by atoms with van der Waals surface area (Å²) in [6.45, 7) is 6.51. The first-order chi connectivity index (χ1) is 11.0. The van der Waals surface area contributed by atoms with Crippen molar-refractivity contribution in [2.45, 2.75) is 39.5 Å². The number of nitrogens with zero attached hydrogens (tertiary/aromatic N) is 2. The first-order valence-corrected chi connectivity index (χ1v) is 8.39. The summed E-state index contributed by atoms with van der Waals surface area (Å²) in [4.78, 5) is 27.8. The van der Waals surface area contributed by atoms with E-state index in [2.05, 4.69) is 18.7 Å². The molecule has 0 fully saturated rings. The fourth-order valence-corrected chi connectivity index (χ4v) is 2.44. The van der Waals surface area contributed by atoms with Crippen LogP contribution in [0, 0.1) is 0 Å². The number of hydrogen-bond acceptors (Lipinski definition) is 3. The van der Waals surface area contributed by atoms with Crippen molar-refractivity contribution in [3.05, 3.63) is 29.8 Å². The van der Waals surface area contributed by atoms with Crippen molar-refractivity contribution in [2.24, 2.45) is 5.73 Å². The SMILES string of the molecule is CCCCN(CCCC)CC(=O)N(C)c1ccccc1C(N)=O. The van der Waals surface area contributed by atoms with Gasteiger partial charge in [0.15, 0.2) is 0 Å². The summed E-state index contributed by atoms with van der Waals surface area (Å²) in [7, 11) is 1.70. The molecule has 0 bridgehead atoms. The molecule has 2 amide bonds. The molecule has 0 aliphatic rings. The molecule has 0 unspecified atom stereocenters. The van der Waals surface area contributed by atoms with E-state index < -0.39 is 5.91 Å². The van der Waals surface area contributed by atoms with Gasteiger partial charge in [-0.2, -0.15) is 0 Å². The maximum Gasteiger partial charge on any atom is 0.250 e. The molecule has 0 radical (unpaired) electrons. The lowest BCUT2D eigenvalue weighted by molar-refractivity contribution is -0.119. The monoisotopic (exact) mass is 319 g/mol. The highest BCUT2D eigenvalue weighted by molar-refractivity contribution is 6.04. The van der Waals surface area contributed by atoms with Gasteiger partial charge in [0, 0.05) is 7.05 Å². The van der Waals surface area contributed by atoms with Crippen LogP contribution in [-0.4, -0.2) is 43.4 Å². The summed E-state index contributed by atoms with van der Waals surface area (Å²) in [6, 6.07) is 6.95. The normalized spacial score (nSPS) is 10.8. The van der Waals surface area contributed by atoms with Crippen LogP contribution in [0.25, 0.3) is 0 Å². The van der Waals surface area contributed by atoms with Crippen LogP contribution in [0.2, 0.25) is 0 Å². The Labute approximate surface area is 139 Å². The summed E-state index contributed by atoms with van der Waals surface area (Å²) >= 11 is 0. The third-order valence-corrected chi connectivity index (χ3v) is 3.92. The third-order valence-electron chi connectivity index (χ3n) is 3.92. The zero-order valence-corrected chi connectivity index (χ0v) is 14.5. The Kier molecular flexibility index (Phi) is 8.33. The van der Waals surface area contributed by atoms with Gasteiger partial charge in [0.1, 0.15) is 0 Å². The third kappa shape index (κ3) is 6.02. The molecule has 0 saturated carbocycles. The Morgan fingerprint density at radius 3 is 2.13 bits per heavy atom. The number of carbonyl (C=O) groups excluding carboxylic acids is 2. The first-order valence-electron chi connectivity index (χ1n) is 8.39. The lowest BCUT2D eigenvalue weighted by Gasteiger charge is -2.25. The molecule has 2 N–H and O–H groups in total. The van der Waals surface area contributed by atoms with Gasteiger partial charge in [0.25, 0.3) is 5.91 Å². The van der Waals surface area contributed by atoms with Gasteiger partial charge in [0.2, 0.25) is 5.91 Å². The van der Waals surface area contributed by atoms with Gasteiger partial charge in [-0.25, -0.2) is 0 Å². The van der Waals surface area contributed by atoms with Gasteiger partial charge in [-0.15, -0.1) is 0 Å². The maximum absolute atomic E-state index is 12.6. The molecule has 0 aromatic heterocycles. The number of primary amides is 1. The van der Waals surface area contributed by atoms with Crippen molar-refractivity contribution < 1.29 is 9.59 Å². The van der Waals surface area contributed by atoms with Gasteiger partial charge >= 0.3 is 0 Å². The summed E-state index contributed by atoms with van der Waals surface area (Å²) in [5, 5.41) is 0. The molecule has 1 rings (SSSR count). The summed E-state index contributed by atoms with van der Waals surface area (Å²) < 4.78 is 0. The predicted octanol–water partition coefficient (Wildman–Crippen LogP) is 2.65. The number of benzene rings is 1. The Morgan fingerprint density at radius 2 is 1.61 bits per heavy atom. The van der Waals surface area contributed by atoms with Crippen molar-refractivity contribution in [2.75, 3.05) is 31.6 Å². The van der Waals surface area contributed by atoms with E-state index in [-0.39, 0.29) is 5.91 Å². The Morgan fingerprint density at radius 1 is 1.04 bits per heavy atom. The summed E-state index contributed by atoms with van der Waals surface area (Å²) in [5.74, 6) is -0.542. The van der Waals surface area contributed by atoms with E-state index >= 15 is 0 Å². The minimum absolute atomic E-state index is 0.0223. The number of unbranched alkanes of at least 4 members (excludes halogenated alkanes) is 2. The topological polar surface area (TPSA) is 66.6 Å². The van der Waals surface area contributed by atoms with Gasteiger partial charge in [-0.1, -0.05) is 38.8 Å².